The van der Waals surface area contributed by atoms with E-state index in [9.17, 15) is 18.0 Å². The van der Waals surface area contributed by atoms with Gasteiger partial charge in [0.25, 0.3) is 0 Å². The van der Waals surface area contributed by atoms with Crippen LogP contribution in [-0.4, -0.2) is 31.2 Å². The van der Waals surface area contributed by atoms with Gasteiger partial charge in [-0.3, -0.25) is 9.59 Å². The third-order valence-corrected chi connectivity index (χ3v) is 8.30. The number of rotatable bonds is 5. The third-order valence-electron chi connectivity index (χ3n) is 5.08. The van der Waals surface area contributed by atoms with Gasteiger partial charge in [-0.05, 0) is 57.0 Å². The van der Waals surface area contributed by atoms with E-state index in [1.807, 2.05) is 32.9 Å². The van der Waals surface area contributed by atoms with Crippen molar-refractivity contribution >= 4 is 44.8 Å². The first-order valence-electron chi connectivity index (χ1n) is 9.76. The molecule has 30 heavy (non-hydrogen) atoms. The van der Waals surface area contributed by atoms with Gasteiger partial charge in [-0.15, -0.1) is 11.8 Å². The fourth-order valence-electron chi connectivity index (χ4n) is 3.55. The molecule has 8 heteroatoms. The molecule has 1 atom stereocenters. The lowest BCUT2D eigenvalue weighted by Crippen LogP contribution is -2.25. The van der Waals surface area contributed by atoms with Gasteiger partial charge in [-0.25, -0.2) is 8.42 Å². The number of nitrogens with one attached hydrogen (secondary N) is 2. The summed E-state index contributed by atoms with van der Waals surface area (Å²) in [6.07, 6.45) is 0.225. The van der Waals surface area contributed by atoms with E-state index in [-0.39, 0.29) is 23.1 Å². The molecule has 0 aromatic heterocycles. The van der Waals surface area contributed by atoms with E-state index in [1.165, 1.54) is 24.8 Å². The summed E-state index contributed by atoms with van der Waals surface area (Å²) in [5.74, 6) is 0.172. The molecule has 2 amide bonds. The molecule has 1 aliphatic rings. The molecule has 0 saturated carbocycles. The topological polar surface area (TPSA) is 92.3 Å². The maximum atomic E-state index is 13.1. The second-order valence-electron chi connectivity index (χ2n) is 7.69. The molecule has 6 nitrogen and oxygen atoms in total. The zero-order chi connectivity index (χ0) is 22.1. The number of aryl methyl sites for hydroxylation is 3. The molecular weight excluding hydrogens is 420 g/mol. The second-order valence-corrected chi connectivity index (χ2v) is 11.2. The molecule has 1 aliphatic heterocycles. The van der Waals surface area contributed by atoms with E-state index in [0.717, 1.165) is 27.3 Å². The van der Waals surface area contributed by atoms with Crippen LogP contribution in [0.25, 0.3) is 0 Å². The number of hydrogen-bond donors (Lipinski definition) is 2. The Bertz CT molecular complexity index is 1090. The summed E-state index contributed by atoms with van der Waals surface area (Å²) in [6.45, 7) is 7.35. The van der Waals surface area contributed by atoms with Crippen molar-refractivity contribution < 1.29 is 18.0 Å². The van der Waals surface area contributed by atoms with Crippen molar-refractivity contribution in [2.45, 2.75) is 55.6 Å². The SMILES string of the molecule is Cc1cc(C)c(NC(=O)C[C@@H](C)S(=O)(=O)c2ccc3c(c2)NC(=O)CCS3)c(C)c1. The Kier molecular flexibility index (Phi) is 6.57. The predicted molar refractivity (Wildman–Crippen MR) is 121 cm³/mol. The highest BCUT2D eigenvalue weighted by molar-refractivity contribution is 7.99. The number of thioether (sulfide) groups is 1. The van der Waals surface area contributed by atoms with Gasteiger partial charge >= 0.3 is 0 Å². The van der Waals surface area contributed by atoms with E-state index in [2.05, 4.69) is 10.6 Å². The number of fused-ring (bicyclic) bond motifs is 1. The molecule has 0 unspecified atom stereocenters. The van der Waals surface area contributed by atoms with Crippen LogP contribution in [0.4, 0.5) is 11.4 Å². The molecule has 0 fully saturated rings. The van der Waals surface area contributed by atoms with Crippen molar-refractivity contribution in [3.8, 4) is 0 Å². The lowest BCUT2D eigenvalue weighted by molar-refractivity contribution is -0.116. The van der Waals surface area contributed by atoms with Crippen LogP contribution in [0.5, 0.6) is 0 Å². The maximum Gasteiger partial charge on any atom is 0.225 e. The highest BCUT2D eigenvalue weighted by atomic mass is 32.2. The van der Waals surface area contributed by atoms with Gasteiger partial charge < -0.3 is 10.6 Å². The highest BCUT2D eigenvalue weighted by Crippen LogP contribution is 2.33. The van der Waals surface area contributed by atoms with Crippen molar-refractivity contribution in [2.24, 2.45) is 0 Å². The normalized spacial score (nSPS) is 15.0. The van der Waals surface area contributed by atoms with Crippen LogP contribution in [0.15, 0.2) is 40.1 Å². The van der Waals surface area contributed by atoms with Gasteiger partial charge in [0.2, 0.25) is 11.8 Å². The Morgan fingerprint density at radius 1 is 1.17 bits per heavy atom. The molecule has 3 rings (SSSR count). The Morgan fingerprint density at radius 3 is 2.50 bits per heavy atom. The smallest absolute Gasteiger partial charge is 0.225 e. The maximum absolute atomic E-state index is 13.1. The molecule has 0 radical (unpaired) electrons. The van der Waals surface area contributed by atoms with E-state index in [4.69, 9.17) is 0 Å². The average Bonchev–Trinajstić information content (AvgIpc) is 2.84. The van der Waals surface area contributed by atoms with Gasteiger partial charge in [-0.1, -0.05) is 17.7 Å². The lowest BCUT2D eigenvalue weighted by atomic mass is 10.0. The highest BCUT2D eigenvalue weighted by Gasteiger charge is 2.27. The largest absolute Gasteiger partial charge is 0.326 e. The fraction of sp³-hybridized carbons (Fsp3) is 0.364. The van der Waals surface area contributed by atoms with Gasteiger partial charge in [0.05, 0.1) is 15.8 Å². The first-order valence-corrected chi connectivity index (χ1v) is 12.3. The van der Waals surface area contributed by atoms with E-state index in [1.54, 1.807) is 12.1 Å². The monoisotopic (exact) mass is 446 g/mol. The van der Waals surface area contributed by atoms with Gasteiger partial charge in [0.1, 0.15) is 0 Å². The Labute approximate surface area is 181 Å². The molecule has 2 aromatic rings. The van der Waals surface area contributed by atoms with Crippen LogP contribution in [-0.2, 0) is 19.4 Å². The van der Waals surface area contributed by atoms with Crippen molar-refractivity contribution in [3.63, 3.8) is 0 Å². The van der Waals surface area contributed by atoms with Crippen molar-refractivity contribution in [1.82, 2.24) is 0 Å². The number of anilines is 2. The van der Waals surface area contributed by atoms with E-state index < -0.39 is 15.1 Å². The summed E-state index contributed by atoms with van der Waals surface area (Å²) in [4.78, 5) is 25.3. The summed E-state index contributed by atoms with van der Waals surface area (Å²) >= 11 is 1.51. The van der Waals surface area contributed by atoms with Crippen molar-refractivity contribution in [2.75, 3.05) is 16.4 Å². The molecule has 1 heterocycles. The molecule has 160 valence electrons. The fourth-order valence-corrected chi connectivity index (χ4v) is 5.86. The number of amides is 2. The number of carbonyl (C=O) groups is 2. The summed E-state index contributed by atoms with van der Waals surface area (Å²) < 4.78 is 26.1. The summed E-state index contributed by atoms with van der Waals surface area (Å²) in [6, 6.07) is 8.70. The van der Waals surface area contributed by atoms with Gasteiger partial charge in [0, 0.05) is 29.2 Å². The quantitative estimate of drug-likeness (QED) is 0.717. The van der Waals surface area contributed by atoms with E-state index in [0.29, 0.717) is 17.9 Å². The van der Waals surface area contributed by atoms with Crippen molar-refractivity contribution in [3.05, 3.63) is 47.0 Å². The minimum absolute atomic E-state index is 0.104. The Balaban J connectivity index is 1.77. The van der Waals surface area contributed by atoms with Crippen LogP contribution in [0.3, 0.4) is 0 Å². The zero-order valence-corrected chi connectivity index (χ0v) is 19.2. The molecule has 0 saturated heterocycles. The standard InChI is InChI=1S/C22H26N2O4S2/c1-13-9-14(2)22(15(3)10-13)24-21(26)11-16(4)30(27,28)17-5-6-19-18(12-17)23-20(25)7-8-29-19/h5-6,9-10,12,16H,7-8,11H2,1-4H3,(H,23,25)(H,24,26)/t16-/m1/s1. The van der Waals surface area contributed by atoms with Crippen LogP contribution in [0, 0.1) is 20.8 Å². The van der Waals surface area contributed by atoms with Crippen LogP contribution < -0.4 is 10.6 Å². The molecule has 2 N–H and O–H groups in total. The lowest BCUT2D eigenvalue weighted by Gasteiger charge is -2.17. The van der Waals surface area contributed by atoms with Gasteiger partial charge in [-0.2, -0.15) is 0 Å². The minimum atomic E-state index is -3.74. The van der Waals surface area contributed by atoms with Crippen LogP contribution in [0.2, 0.25) is 0 Å². The minimum Gasteiger partial charge on any atom is -0.326 e. The van der Waals surface area contributed by atoms with E-state index >= 15 is 0 Å². The average molecular weight is 447 g/mol. The first-order chi connectivity index (χ1) is 14.1. The number of hydrogen-bond acceptors (Lipinski definition) is 5. The predicted octanol–water partition coefficient (Wildman–Crippen LogP) is 4.24. The second kappa shape index (κ2) is 8.81. The molecule has 0 aliphatic carbocycles. The van der Waals surface area contributed by atoms with Crippen LogP contribution >= 0.6 is 11.8 Å². The molecule has 0 spiro atoms. The molecule has 0 bridgehead atoms. The third kappa shape index (κ3) is 4.87. The number of benzene rings is 2. The van der Waals surface area contributed by atoms with Gasteiger partial charge in [0.15, 0.2) is 9.84 Å². The summed E-state index contributed by atoms with van der Waals surface area (Å²) in [5.41, 5.74) is 4.21. The number of carbonyl (C=O) groups excluding carboxylic acids is 2. The first kappa shape index (κ1) is 22.4. The summed E-state index contributed by atoms with van der Waals surface area (Å²) in [5, 5.41) is 4.71. The van der Waals surface area contributed by atoms with Crippen LogP contribution in [0.1, 0.15) is 36.5 Å². The Hall–Kier alpha value is -2.32. The summed E-state index contributed by atoms with van der Waals surface area (Å²) in [7, 11) is -3.74. The Morgan fingerprint density at radius 2 is 1.83 bits per heavy atom. The molecular formula is C22H26N2O4S2. The number of sulfone groups is 1. The van der Waals surface area contributed by atoms with Crippen molar-refractivity contribution in [1.29, 1.82) is 0 Å². The molecule has 2 aromatic carbocycles. The zero-order valence-electron chi connectivity index (χ0n) is 17.5.